The summed E-state index contributed by atoms with van der Waals surface area (Å²) < 4.78 is 5.16. The molecule has 1 aromatic carbocycles. The Morgan fingerprint density at radius 2 is 2.33 bits per heavy atom. The molecule has 0 aromatic heterocycles. The zero-order valence-corrected chi connectivity index (χ0v) is 10.6. The van der Waals surface area contributed by atoms with Crippen LogP contribution in [0.1, 0.15) is 16.8 Å². The fraction of sp³-hybridized carbons (Fsp3) is 0.500. The molecular weight excluding hydrogens is 228 g/mol. The SMILES string of the molecule is COc1cccc(C(=O)N2C[C@@H]3CCN[C@@H]3C2)c1. The number of rotatable bonds is 2. The Morgan fingerprint density at radius 1 is 1.44 bits per heavy atom. The van der Waals surface area contributed by atoms with Crippen molar-refractivity contribution in [2.45, 2.75) is 12.5 Å². The molecule has 0 spiro atoms. The van der Waals surface area contributed by atoms with Crippen molar-refractivity contribution in [1.29, 1.82) is 0 Å². The maximum absolute atomic E-state index is 12.4. The molecule has 4 nitrogen and oxygen atoms in total. The van der Waals surface area contributed by atoms with Gasteiger partial charge in [0.05, 0.1) is 7.11 Å². The van der Waals surface area contributed by atoms with E-state index in [2.05, 4.69) is 5.32 Å². The number of methoxy groups -OCH3 is 1. The maximum Gasteiger partial charge on any atom is 0.254 e. The number of carbonyl (C=O) groups is 1. The van der Waals surface area contributed by atoms with Gasteiger partial charge >= 0.3 is 0 Å². The van der Waals surface area contributed by atoms with Crippen LogP contribution in [0.25, 0.3) is 0 Å². The molecule has 2 aliphatic heterocycles. The summed E-state index contributed by atoms with van der Waals surface area (Å²) in [5.41, 5.74) is 0.717. The van der Waals surface area contributed by atoms with Gasteiger partial charge in [-0.25, -0.2) is 0 Å². The zero-order valence-electron chi connectivity index (χ0n) is 10.6. The van der Waals surface area contributed by atoms with Crippen LogP contribution in [0, 0.1) is 5.92 Å². The first-order valence-electron chi connectivity index (χ1n) is 6.44. The Bertz CT molecular complexity index is 449. The molecule has 2 atom stereocenters. The van der Waals surface area contributed by atoms with Gasteiger partial charge < -0.3 is 15.0 Å². The van der Waals surface area contributed by atoms with E-state index in [0.717, 1.165) is 25.4 Å². The highest BCUT2D eigenvalue weighted by molar-refractivity contribution is 5.94. The van der Waals surface area contributed by atoms with Crippen LogP contribution in [-0.2, 0) is 0 Å². The summed E-state index contributed by atoms with van der Waals surface area (Å²) in [7, 11) is 1.62. The van der Waals surface area contributed by atoms with Crippen LogP contribution in [0.3, 0.4) is 0 Å². The number of amides is 1. The molecule has 96 valence electrons. The average Bonchev–Trinajstić information content (AvgIpc) is 2.98. The van der Waals surface area contributed by atoms with Gasteiger partial charge in [-0.1, -0.05) is 6.07 Å². The van der Waals surface area contributed by atoms with Gasteiger partial charge in [0.1, 0.15) is 5.75 Å². The third-order valence-corrected chi connectivity index (χ3v) is 3.97. The molecule has 1 aromatic rings. The molecular formula is C14H18N2O2. The minimum atomic E-state index is 0.116. The second-order valence-electron chi connectivity index (χ2n) is 5.05. The summed E-state index contributed by atoms with van der Waals surface area (Å²) in [6, 6.07) is 7.88. The van der Waals surface area contributed by atoms with Gasteiger partial charge in [-0.15, -0.1) is 0 Å². The van der Waals surface area contributed by atoms with E-state index in [1.165, 1.54) is 6.42 Å². The van der Waals surface area contributed by atoms with Crippen LogP contribution >= 0.6 is 0 Å². The van der Waals surface area contributed by atoms with Crippen molar-refractivity contribution >= 4 is 5.91 Å². The number of hydrogen-bond donors (Lipinski definition) is 1. The van der Waals surface area contributed by atoms with Gasteiger partial charge in [0.15, 0.2) is 0 Å². The van der Waals surface area contributed by atoms with Gasteiger partial charge in [-0.05, 0) is 37.1 Å². The molecule has 2 saturated heterocycles. The molecule has 0 saturated carbocycles. The van der Waals surface area contributed by atoms with E-state index in [4.69, 9.17) is 4.74 Å². The summed E-state index contributed by atoms with van der Waals surface area (Å²) in [4.78, 5) is 14.3. The summed E-state index contributed by atoms with van der Waals surface area (Å²) in [5.74, 6) is 1.49. The molecule has 1 amide bonds. The first-order chi connectivity index (χ1) is 8.78. The van der Waals surface area contributed by atoms with E-state index in [9.17, 15) is 4.79 Å². The van der Waals surface area contributed by atoms with Crippen molar-refractivity contribution in [3.05, 3.63) is 29.8 Å². The third-order valence-electron chi connectivity index (χ3n) is 3.97. The predicted molar refractivity (Wildman–Crippen MR) is 68.8 cm³/mol. The standard InChI is InChI=1S/C14H18N2O2/c1-18-12-4-2-3-10(7-12)14(17)16-8-11-5-6-15-13(11)9-16/h2-4,7,11,13,15H,5-6,8-9H2,1H3/t11-,13+/m0/s1. The van der Waals surface area contributed by atoms with E-state index in [0.29, 0.717) is 17.5 Å². The molecule has 2 aliphatic rings. The summed E-state index contributed by atoms with van der Waals surface area (Å²) in [5, 5.41) is 3.46. The Hall–Kier alpha value is -1.55. The van der Waals surface area contributed by atoms with Gasteiger partial charge in [0, 0.05) is 24.7 Å². The smallest absolute Gasteiger partial charge is 0.254 e. The van der Waals surface area contributed by atoms with Crippen molar-refractivity contribution in [3.63, 3.8) is 0 Å². The number of benzene rings is 1. The summed E-state index contributed by atoms with van der Waals surface area (Å²) in [6.45, 7) is 2.81. The van der Waals surface area contributed by atoms with Gasteiger partial charge in [0.25, 0.3) is 5.91 Å². The number of fused-ring (bicyclic) bond motifs is 1. The molecule has 0 radical (unpaired) electrons. The van der Waals surface area contributed by atoms with Gasteiger partial charge in [0.2, 0.25) is 0 Å². The quantitative estimate of drug-likeness (QED) is 0.850. The molecule has 18 heavy (non-hydrogen) atoms. The number of nitrogens with one attached hydrogen (secondary N) is 1. The Kier molecular flexibility index (Phi) is 2.96. The molecule has 1 N–H and O–H groups in total. The van der Waals surface area contributed by atoms with E-state index in [1.807, 2.05) is 29.2 Å². The number of nitrogens with zero attached hydrogens (tertiary/aromatic N) is 1. The minimum absolute atomic E-state index is 0.116. The van der Waals surface area contributed by atoms with E-state index < -0.39 is 0 Å². The summed E-state index contributed by atoms with van der Waals surface area (Å²) in [6.07, 6.45) is 1.19. The monoisotopic (exact) mass is 246 g/mol. The molecule has 2 heterocycles. The lowest BCUT2D eigenvalue weighted by molar-refractivity contribution is 0.0782. The largest absolute Gasteiger partial charge is 0.497 e. The lowest BCUT2D eigenvalue weighted by atomic mass is 10.1. The van der Waals surface area contributed by atoms with Crippen LogP contribution in [0.15, 0.2) is 24.3 Å². The predicted octanol–water partition coefficient (Wildman–Crippen LogP) is 1.13. The topological polar surface area (TPSA) is 41.6 Å². The average molecular weight is 246 g/mol. The van der Waals surface area contributed by atoms with Gasteiger partial charge in [-0.2, -0.15) is 0 Å². The molecule has 3 rings (SSSR count). The van der Waals surface area contributed by atoms with Crippen LogP contribution in [0.2, 0.25) is 0 Å². The number of ether oxygens (including phenoxy) is 1. The van der Waals surface area contributed by atoms with Crippen molar-refractivity contribution in [2.24, 2.45) is 5.92 Å². The second kappa shape index (κ2) is 4.61. The number of hydrogen-bond acceptors (Lipinski definition) is 3. The van der Waals surface area contributed by atoms with Gasteiger partial charge in [-0.3, -0.25) is 4.79 Å². The molecule has 2 fully saturated rings. The highest BCUT2D eigenvalue weighted by Gasteiger charge is 2.38. The van der Waals surface area contributed by atoms with Crippen molar-refractivity contribution in [2.75, 3.05) is 26.7 Å². The molecule has 4 heteroatoms. The molecule has 0 unspecified atom stereocenters. The van der Waals surface area contributed by atoms with E-state index in [1.54, 1.807) is 7.11 Å². The Balaban J connectivity index is 1.74. The highest BCUT2D eigenvalue weighted by Crippen LogP contribution is 2.26. The van der Waals surface area contributed by atoms with E-state index >= 15 is 0 Å². The Labute approximate surface area is 107 Å². The van der Waals surface area contributed by atoms with Crippen LogP contribution < -0.4 is 10.1 Å². The van der Waals surface area contributed by atoms with Crippen molar-refractivity contribution < 1.29 is 9.53 Å². The maximum atomic E-state index is 12.4. The first kappa shape index (κ1) is 11.5. The molecule has 0 aliphatic carbocycles. The number of carbonyl (C=O) groups excluding carboxylic acids is 1. The summed E-state index contributed by atoms with van der Waals surface area (Å²) >= 11 is 0. The Morgan fingerprint density at radius 3 is 3.11 bits per heavy atom. The fourth-order valence-corrected chi connectivity index (χ4v) is 2.95. The van der Waals surface area contributed by atoms with Crippen LogP contribution in [0.5, 0.6) is 5.75 Å². The van der Waals surface area contributed by atoms with E-state index in [-0.39, 0.29) is 5.91 Å². The second-order valence-corrected chi connectivity index (χ2v) is 5.05. The third kappa shape index (κ3) is 1.97. The molecule has 0 bridgehead atoms. The number of likely N-dealkylation sites (tertiary alicyclic amines) is 1. The van der Waals surface area contributed by atoms with Crippen molar-refractivity contribution in [3.8, 4) is 5.75 Å². The van der Waals surface area contributed by atoms with Crippen LogP contribution in [-0.4, -0.2) is 43.6 Å². The first-order valence-corrected chi connectivity index (χ1v) is 6.44. The minimum Gasteiger partial charge on any atom is -0.497 e. The normalized spacial score (nSPS) is 26.2. The highest BCUT2D eigenvalue weighted by atomic mass is 16.5. The van der Waals surface area contributed by atoms with Crippen LogP contribution in [0.4, 0.5) is 0 Å². The fourth-order valence-electron chi connectivity index (χ4n) is 2.95. The lowest BCUT2D eigenvalue weighted by Crippen LogP contribution is -2.33. The lowest BCUT2D eigenvalue weighted by Gasteiger charge is -2.17. The zero-order chi connectivity index (χ0) is 12.5. The van der Waals surface area contributed by atoms with Crippen molar-refractivity contribution in [1.82, 2.24) is 10.2 Å².